The Balaban J connectivity index is 3.62. The molecule has 1 atom stereocenters. The lowest BCUT2D eigenvalue weighted by atomic mass is 10.3. The molecule has 5 heavy (non-hydrogen) atoms. The molecule has 0 saturated heterocycles. The molecule has 0 saturated carbocycles. The van der Waals surface area contributed by atoms with Crippen molar-refractivity contribution in [2.75, 3.05) is 5.33 Å². The third kappa shape index (κ3) is 4.48. The van der Waals surface area contributed by atoms with E-state index in [1.54, 1.807) is 6.92 Å². The number of hydrogen-bond acceptors (Lipinski definition) is 0. The van der Waals surface area contributed by atoms with E-state index in [1.807, 2.05) is 0 Å². The van der Waals surface area contributed by atoms with Crippen LogP contribution in [-0.4, -0.2) is 5.33 Å². The van der Waals surface area contributed by atoms with E-state index in [-0.39, 0.29) is 5.92 Å². The van der Waals surface area contributed by atoms with Crippen molar-refractivity contribution in [1.29, 1.82) is 0 Å². The summed E-state index contributed by atoms with van der Waals surface area (Å²) in [6.07, 6.45) is 0. The maximum Gasteiger partial charge on any atom is 0.0233 e. The summed E-state index contributed by atoms with van der Waals surface area (Å²) in [4.78, 5) is 0. The highest BCUT2D eigenvalue weighted by Crippen LogP contribution is 1.94. The summed E-state index contributed by atoms with van der Waals surface area (Å²) in [5.74, 6) is -0.234. The van der Waals surface area contributed by atoms with Crippen LogP contribution >= 0.6 is 15.9 Å². The number of rotatable bonds is 1. The standard InChI is InChI=1S/C4H9Br/c1-4(2)3-5/h4H,3H2,1-2H3/i1D3. The van der Waals surface area contributed by atoms with Gasteiger partial charge < -0.3 is 0 Å². The topological polar surface area (TPSA) is 0 Å². The Morgan fingerprint density at radius 1 is 2.20 bits per heavy atom. The molecular formula is C4H9Br. The van der Waals surface area contributed by atoms with E-state index in [4.69, 9.17) is 4.11 Å². The fourth-order valence-corrected chi connectivity index (χ4v) is 0. The lowest BCUT2D eigenvalue weighted by Gasteiger charge is -1.88. The average Bonchev–Trinajstić information content (AvgIpc) is 1.62. The predicted molar refractivity (Wildman–Crippen MR) is 28.6 cm³/mol. The molecule has 0 radical (unpaired) electrons. The Labute approximate surface area is 45.9 Å². The molecule has 0 spiro atoms. The van der Waals surface area contributed by atoms with Gasteiger partial charge in [0.25, 0.3) is 0 Å². The highest BCUT2D eigenvalue weighted by molar-refractivity contribution is 9.09. The zero-order valence-electron chi connectivity index (χ0n) is 6.16. The summed E-state index contributed by atoms with van der Waals surface area (Å²) in [6, 6.07) is 0. The Morgan fingerprint density at radius 2 is 2.80 bits per heavy atom. The van der Waals surface area contributed by atoms with Crippen LogP contribution in [0.25, 0.3) is 0 Å². The molecule has 0 nitrogen and oxygen atoms in total. The van der Waals surface area contributed by atoms with Crippen molar-refractivity contribution >= 4 is 15.9 Å². The first-order valence-electron chi connectivity index (χ1n) is 3.04. The van der Waals surface area contributed by atoms with E-state index in [1.165, 1.54) is 0 Å². The van der Waals surface area contributed by atoms with Crippen LogP contribution in [0.4, 0.5) is 0 Å². The Kier molecular flexibility index (Phi) is 1.06. The molecule has 1 unspecified atom stereocenters. The first-order chi connectivity index (χ1) is 3.48. The van der Waals surface area contributed by atoms with Crippen LogP contribution in [0.2, 0.25) is 0 Å². The third-order valence-corrected chi connectivity index (χ3v) is 1.20. The lowest BCUT2D eigenvalue weighted by molar-refractivity contribution is 0.756. The second-order valence-corrected chi connectivity index (χ2v) is 1.70. The smallest absolute Gasteiger partial charge is 0.0233 e. The SMILES string of the molecule is [2H]C([2H])([2H])C(C)CBr. The van der Waals surface area contributed by atoms with E-state index in [0.29, 0.717) is 5.33 Å². The lowest BCUT2D eigenvalue weighted by Crippen LogP contribution is -1.82. The average molecular weight is 140 g/mol. The number of halogens is 1. The van der Waals surface area contributed by atoms with Gasteiger partial charge in [0.05, 0.1) is 0 Å². The number of hydrogen-bond donors (Lipinski definition) is 0. The van der Waals surface area contributed by atoms with E-state index in [0.717, 1.165) is 0 Å². The minimum absolute atomic E-state index is 0.234. The largest absolute Gasteiger partial charge is 0.0925 e. The Hall–Kier alpha value is 0.480. The maximum atomic E-state index is 6.84. The van der Waals surface area contributed by atoms with Gasteiger partial charge in [-0.05, 0) is 5.92 Å². The van der Waals surface area contributed by atoms with Crippen molar-refractivity contribution in [2.45, 2.75) is 13.8 Å². The predicted octanol–water partition coefficient (Wildman–Crippen LogP) is 2.04. The first kappa shape index (κ1) is 1.97. The molecule has 0 bridgehead atoms. The van der Waals surface area contributed by atoms with E-state index in [9.17, 15) is 0 Å². The molecule has 1 heteroatoms. The Bertz CT molecular complexity index is 68.2. The van der Waals surface area contributed by atoms with Crippen molar-refractivity contribution < 1.29 is 4.11 Å². The van der Waals surface area contributed by atoms with E-state index in [2.05, 4.69) is 15.9 Å². The van der Waals surface area contributed by atoms with Crippen LogP contribution in [0.1, 0.15) is 17.9 Å². The van der Waals surface area contributed by atoms with Gasteiger partial charge in [-0.15, -0.1) is 0 Å². The van der Waals surface area contributed by atoms with Gasteiger partial charge in [0.15, 0.2) is 0 Å². The highest BCUT2D eigenvalue weighted by atomic mass is 79.9. The Morgan fingerprint density at radius 3 is 2.80 bits per heavy atom. The van der Waals surface area contributed by atoms with Crippen molar-refractivity contribution in [3.05, 3.63) is 0 Å². The molecular weight excluding hydrogens is 128 g/mol. The van der Waals surface area contributed by atoms with Gasteiger partial charge in [0, 0.05) is 9.44 Å². The van der Waals surface area contributed by atoms with Crippen LogP contribution in [0.3, 0.4) is 0 Å². The first-order valence-corrected chi connectivity index (χ1v) is 2.66. The maximum absolute atomic E-state index is 6.84. The van der Waals surface area contributed by atoms with Crippen molar-refractivity contribution in [3.63, 3.8) is 0 Å². The minimum Gasteiger partial charge on any atom is -0.0925 e. The van der Waals surface area contributed by atoms with Crippen molar-refractivity contribution in [1.82, 2.24) is 0 Å². The van der Waals surface area contributed by atoms with Gasteiger partial charge in [-0.25, -0.2) is 0 Å². The zero-order valence-corrected chi connectivity index (χ0v) is 4.75. The normalized spacial score (nSPS) is 26.4. The molecule has 0 aliphatic rings. The van der Waals surface area contributed by atoms with Crippen LogP contribution in [0.5, 0.6) is 0 Å². The molecule has 0 fully saturated rings. The molecule has 0 aromatic heterocycles. The van der Waals surface area contributed by atoms with E-state index < -0.39 is 6.85 Å². The molecule has 0 aliphatic heterocycles. The molecule has 0 N–H and O–H groups in total. The monoisotopic (exact) mass is 139 g/mol. The van der Waals surface area contributed by atoms with Gasteiger partial charge in [0.1, 0.15) is 0 Å². The van der Waals surface area contributed by atoms with Gasteiger partial charge in [-0.3, -0.25) is 0 Å². The van der Waals surface area contributed by atoms with Gasteiger partial charge in [0.2, 0.25) is 0 Å². The summed E-state index contributed by atoms with van der Waals surface area (Å²) < 4.78 is 20.5. The fraction of sp³-hybridized carbons (Fsp3) is 1.00. The summed E-state index contributed by atoms with van der Waals surface area (Å²) in [5.41, 5.74) is 0. The van der Waals surface area contributed by atoms with Gasteiger partial charge in [-0.2, -0.15) is 0 Å². The molecule has 0 heterocycles. The zero-order chi connectivity index (χ0) is 6.78. The third-order valence-electron chi connectivity index (χ3n) is 0.231. The molecule has 0 aromatic rings. The van der Waals surface area contributed by atoms with E-state index >= 15 is 0 Å². The fourth-order valence-electron chi connectivity index (χ4n) is 0. The molecule has 32 valence electrons. The molecule has 0 aliphatic carbocycles. The second-order valence-electron chi connectivity index (χ2n) is 1.06. The highest BCUT2D eigenvalue weighted by Gasteiger charge is 1.81. The van der Waals surface area contributed by atoms with Crippen LogP contribution in [-0.2, 0) is 0 Å². The second kappa shape index (κ2) is 2.70. The van der Waals surface area contributed by atoms with Crippen LogP contribution < -0.4 is 0 Å². The van der Waals surface area contributed by atoms with Crippen molar-refractivity contribution in [3.8, 4) is 0 Å². The molecule has 0 amide bonds. The van der Waals surface area contributed by atoms with Crippen molar-refractivity contribution in [2.24, 2.45) is 5.92 Å². The molecule has 0 aromatic carbocycles. The molecule has 0 rings (SSSR count). The van der Waals surface area contributed by atoms with Gasteiger partial charge in [-0.1, -0.05) is 29.7 Å². The quantitative estimate of drug-likeness (QED) is 0.489. The van der Waals surface area contributed by atoms with Crippen LogP contribution in [0.15, 0.2) is 0 Å². The summed E-state index contributed by atoms with van der Waals surface area (Å²) in [6.45, 7) is -0.0920. The van der Waals surface area contributed by atoms with Crippen LogP contribution in [0, 0.1) is 5.92 Å². The summed E-state index contributed by atoms with van der Waals surface area (Å²) in [7, 11) is 0. The summed E-state index contributed by atoms with van der Waals surface area (Å²) in [5, 5.41) is 0.545. The van der Waals surface area contributed by atoms with Gasteiger partial charge >= 0.3 is 0 Å². The summed E-state index contributed by atoms with van der Waals surface area (Å²) >= 11 is 3.09. The number of alkyl halides is 1. The minimum atomic E-state index is -1.79.